The molecule has 0 aliphatic rings. The van der Waals surface area contributed by atoms with Crippen molar-refractivity contribution in [2.45, 2.75) is 18.7 Å². The summed E-state index contributed by atoms with van der Waals surface area (Å²) in [6.45, 7) is 3.94. The molecule has 2 rings (SSSR count). The molecular formula is C16H17NO2S. The Kier molecular flexibility index (Phi) is 4.69. The molecule has 2 aromatic rings. The second-order valence-electron chi connectivity index (χ2n) is 4.67. The van der Waals surface area contributed by atoms with E-state index in [9.17, 15) is 9.90 Å². The monoisotopic (exact) mass is 287 g/mol. The van der Waals surface area contributed by atoms with Gasteiger partial charge in [-0.25, -0.2) is 0 Å². The molecule has 0 fully saturated rings. The second kappa shape index (κ2) is 6.48. The standard InChI is InChI=1S/C16H17NO2S/c1-11-3-6-13(7-4-11)20-10-16(19)17-14-9-12(2)5-8-15(14)18/h3-9,18H,10H2,1-2H3,(H,17,19). The summed E-state index contributed by atoms with van der Waals surface area (Å²) in [5.74, 6) is 0.275. The molecule has 0 atom stereocenters. The molecule has 0 heterocycles. The number of amides is 1. The highest BCUT2D eigenvalue weighted by molar-refractivity contribution is 8.00. The first-order chi connectivity index (χ1) is 9.54. The molecule has 1 amide bonds. The molecule has 0 spiro atoms. The summed E-state index contributed by atoms with van der Waals surface area (Å²) in [6, 6.07) is 13.2. The minimum Gasteiger partial charge on any atom is -0.506 e. The summed E-state index contributed by atoms with van der Waals surface area (Å²) >= 11 is 1.47. The number of phenols is 1. The Balaban J connectivity index is 1.92. The Morgan fingerprint density at radius 3 is 2.45 bits per heavy atom. The molecule has 20 heavy (non-hydrogen) atoms. The third-order valence-electron chi connectivity index (χ3n) is 2.82. The fourth-order valence-electron chi connectivity index (χ4n) is 1.72. The molecule has 0 bridgehead atoms. The number of aromatic hydroxyl groups is 1. The van der Waals surface area contributed by atoms with Gasteiger partial charge in [-0.05, 0) is 43.7 Å². The van der Waals surface area contributed by atoms with Gasteiger partial charge in [0.1, 0.15) is 5.75 Å². The predicted molar refractivity (Wildman–Crippen MR) is 83.4 cm³/mol. The number of carbonyl (C=O) groups is 1. The Hall–Kier alpha value is -1.94. The zero-order chi connectivity index (χ0) is 14.5. The Morgan fingerprint density at radius 2 is 1.75 bits per heavy atom. The minimum absolute atomic E-state index is 0.0873. The van der Waals surface area contributed by atoms with Crippen LogP contribution in [0.15, 0.2) is 47.4 Å². The maximum atomic E-state index is 11.9. The average Bonchev–Trinajstić information content (AvgIpc) is 2.42. The maximum Gasteiger partial charge on any atom is 0.234 e. The number of thioether (sulfide) groups is 1. The van der Waals surface area contributed by atoms with Gasteiger partial charge in [-0.3, -0.25) is 4.79 Å². The SMILES string of the molecule is Cc1ccc(SCC(=O)Nc2cc(C)ccc2O)cc1. The second-order valence-corrected chi connectivity index (χ2v) is 5.72. The van der Waals surface area contributed by atoms with E-state index in [1.807, 2.05) is 38.1 Å². The maximum absolute atomic E-state index is 11.9. The van der Waals surface area contributed by atoms with Gasteiger partial charge in [0.25, 0.3) is 0 Å². The molecule has 0 aliphatic heterocycles. The normalized spacial score (nSPS) is 10.3. The van der Waals surface area contributed by atoms with E-state index < -0.39 is 0 Å². The van der Waals surface area contributed by atoms with Crippen molar-refractivity contribution in [1.82, 2.24) is 0 Å². The van der Waals surface area contributed by atoms with Gasteiger partial charge >= 0.3 is 0 Å². The summed E-state index contributed by atoms with van der Waals surface area (Å²) in [4.78, 5) is 12.9. The molecule has 2 N–H and O–H groups in total. The van der Waals surface area contributed by atoms with Crippen molar-refractivity contribution in [2.24, 2.45) is 0 Å². The molecule has 0 radical (unpaired) electrons. The third kappa shape index (κ3) is 4.03. The van der Waals surface area contributed by atoms with Gasteiger partial charge in [-0.1, -0.05) is 23.8 Å². The highest BCUT2D eigenvalue weighted by Gasteiger charge is 2.07. The summed E-state index contributed by atoms with van der Waals surface area (Å²) in [5.41, 5.74) is 2.65. The molecule has 0 aromatic heterocycles. The van der Waals surface area contributed by atoms with Crippen molar-refractivity contribution < 1.29 is 9.90 Å². The fourth-order valence-corrected chi connectivity index (χ4v) is 2.42. The quantitative estimate of drug-likeness (QED) is 0.665. The lowest BCUT2D eigenvalue weighted by Crippen LogP contribution is -2.14. The highest BCUT2D eigenvalue weighted by atomic mass is 32.2. The van der Waals surface area contributed by atoms with E-state index in [1.165, 1.54) is 17.3 Å². The first-order valence-electron chi connectivity index (χ1n) is 6.33. The van der Waals surface area contributed by atoms with Crippen LogP contribution in [0.2, 0.25) is 0 Å². The van der Waals surface area contributed by atoms with Crippen LogP contribution < -0.4 is 5.32 Å². The largest absolute Gasteiger partial charge is 0.506 e. The van der Waals surface area contributed by atoms with E-state index in [0.717, 1.165) is 10.5 Å². The van der Waals surface area contributed by atoms with E-state index in [0.29, 0.717) is 11.4 Å². The molecular weight excluding hydrogens is 270 g/mol. The van der Waals surface area contributed by atoms with E-state index in [2.05, 4.69) is 5.32 Å². The van der Waals surface area contributed by atoms with Crippen molar-refractivity contribution >= 4 is 23.4 Å². The topological polar surface area (TPSA) is 49.3 Å². The van der Waals surface area contributed by atoms with E-state index in [1.54, 1.807) is 18.2 Å². The van der Waals surface area contributed by atoms with E-state index >= 15 is 0 Å². The van der Waals surface area contributed by atoms with Crippen LogP contribution in [0, 0.1) is 13.8 Å². The van der Waals surface area contributed by atoms with Crippen LogP contribution in [0.25, 0.3) is 0 Å². The van der Waals surface area contributed by atoms with Gasteiger partial charge in [-0.2, -0.15) is 0 Å². The number of aryl methyl sites for hydroxylation is 2. The lowest BCUT2D eigenvalue weighted by molar-refractivity contribution is -0.113. The molecule has 0 saturated carbocycles. The first-order valence-corrected chi connectivity index (χ1v) is 7.32. The van der Waals surface area contributed by atoms with E-state index in [4.69, 9.17) is 0 Å². The Labute approximate surface area is 123 Å². The Morgan fingerprint density at radius 1 is 1.10 bits per heavy atom. The minimum atomic E-state index is -0.128. The summed E-state index contributed by atoms with van der Waals surface area (Å²) in [5, 5.41) is 12.4. The van der Waals surface area contributed by atoms with Crippen molar-refractivity contribution in [3.05, 3.63) is 53.6 Å². The van der Waals surface area contributed by atoms with E-state index in [-0.39, 0.29) is 11.7 Å². The molecule has 4 heteroatoms. The first kappa shape index (κ1) is 14.5. The van der Waals surface area contributed by atoms with Crippen LogP contribution in [-0.2, 0) is 4.79 Å². The molecule has 3 nitrogen and oxygen atoms in total. The molecule has 2 aromatic carbocycles. The number of phenolic OH excluding ortho intramolecular Hbond substituents is 1. The van der Waals surface area contributed by atoms with Gasteiger partial charge in [0.15, 0.2) is 0 Å². The van der Waals surface area contributed by atoms with Crippen LogP contribution in [0.3, 0.4) is 0 Å². The third-order valence-corrected chi connectivity index (χ3v) is 3.83. The van der Waals surface area contributed by atoms with Crippen LogP contribution in [0.5, 0.6) is 5.75 Å². The Bertz CT molecular complexity index is 608. The lowest BCUT2D eigenvalue weighted by Gasteiger charge is -2.08. The highest BCUT2D eigenvalue weighted by Crippen LogP contribution is 2.24. The molecule has 0 unspecified atom stereocenters. The summed E-state index contributed by atoms with van der Waals surface area (Å²) < 4.78 is 0. The predicted octanol–water partition coefficient (Wildman–Crippen LogP) is 3.74. The number of hydrogen-bond donors (Lipinski definition) is 2. The van der Waals surface area contributed by atoms with Crippen molar-refractivity contribution in [3.8, 4) is 5.75 Å². The zero-order valence-corrected chi connectivity index (χ0v) is 12.3. The number of rotatable bonds is 4. The lowest BCUT2D eigenvalue weighted by atomic mass is 10.2. The van der Waals surface area contributed by atoms with Gasteiger partial charge in [0.05, 0.1) is 11.4 Å². The zero-order valence-electron chi connectivity index (χ0n) is 11.5. The van der Waals surface area contributed by atoms with Gasteiger partial charge in [0.2, 0.25) is 5.91 Å². The van der Waals surface area contributed by atoms with Crippen molar-refractivity contribution in [1.29, 1.82) is 0 Å². The smallest absolute Gasteiger partial charge is 0.234 e. The van der Waals surface area contributed by atoms with Crippen LogP contribution in [0.4, 0.5) is 5.69 Å². The van der Waals surface area contributed by atoms with Gasteiger partial charge in [-0.15, -0.1) is 11.8 Å². The van der Waals surface area contributed by atoms with Crippen LogP contribution in [-0.4, -0.2) is 16.8 Å². The number of benzene rings is 2. The van der Waals surface area contributed by atoms with Gasteiger partial charge < -0.3 is 10.4 Å². The average molecular weight is 287 g/mol. The van der Waals surface area contributed by atoms with Crippen molar-refractivity contribution in [3.63, 3.8) is 0 Å². The number of anilines is 1. The van der Waals surface area contributed by atoms with Crippen LogP contribution >= 0.6 is 11.8 Å². The van der Waals surface area contributed by atoms with Crippen molar-refractivity contribution in [2.75, 3.05) is 11.1 Å². The number of hydrogen-bond acceptors (Lipinski definition) is 3. The molecule has 0 aliphatic carbocycles. The number of carbonyl (C=O) groups excluding carboxylic acids is 1. The molecule has 104 valence electrons. The fraction of sp³-hybridized carbons (Fsp3) is 0.188. The number of nitrogens with one attached hydrogen (secondary N) is 1. The summed E-state index contributed by atoms with van der Waals surface area (Å²) in [6.07, 6.45) is 0. The molecule has 0 saturated heterocycles. The van der Waals surface area contributed by atoms with Crippen LogP contribution in [0.1, 0.15) is 11.1 Å². The van der Waals surface area contributed by atoms with Gasteiger partial charge in [0, 0.05) is 4.90 Å². The summed E-state index contributed by atoms with van der Waals surface area (Å²) in [7, 11) is 0.